The predicted octanol–water partition coefficient (Wildman–Crippen LogP) is 6.13. The summed E-state index contributed by atoms with van der Waals surface area (Å²) < 4.78 is 1.72. The van der Waals surface area contributed by atoms with Gasteiger partial charge in [0.2, 0.25) is 7.59 Å². The molecular weight excluding hydrogens is 465 g/mol. The van der Waals surface area contributed by atoms with Crippen LogP contribution < -0.4 is 4.90 Å². The number of aromatic nitrogens is 3. The molecule has 5 nitrogen and oxygen atoms in total. The highest BCUT2D eigenvalue weighted by Crippen LogP contribution is 2.40. The van der Waals surface area contributed by atoms with Gasteiger partial charge in [-0.25, -0.2) is 15.0 Å². The quantitative estimate of drug-likeness (QED) is 0.483. The molecule has 0 radical (unpaired) electrons. The standard InChI is InChI=1S/C15H14Cl6N4O/c1-3-25(4-2)9-7-8-26-10(9)5-6-11-22-12(14(16,17)18)24-13(23-11)15(19,20)21/h5-8H,3-4H2,1-2H3/b6-5+. The van der Waals surface area contributed by atoms with Crippen LogP contribution in [-0.2, 0) is 7.59 Å². The first-order valence-electron chi connectivity index (χ1n) is 7.47. The molecule has 2 heterocycles. The Morgan fingerprint density at radius 3 is 1.92 bits per heavy atom. The number of rotatable bonds is 5. The van der Waals surface area contributed by atoms with Crippen LogP contribution in [0.15, 0.2) is 16.7 Å². The van der Waals surface area contributed by atoms with Crippen molar-refractivity contribution < 1.29 is 4.42 Å². The molecule has 26 heavy (non-hydrogen) atoms. The first kappa shape index (κ1) is 21.9. The third kappa shape index (κ3) is 5.54. The van der Waals surface area contributed by atoms with Gasteiger partial charge in [0, 0.05) is 19.2 Å². The first-order valence-corrected chi connectivity index (χ1v) is 9.74. The van der Waals surface area contributed by atoms with Crippen LogP contribution in [0.2, 0.25) is 0 Å². The van der Waals surface area contributed by atoms with E-state index >= 15 is 0 Å². The van der Waals surface area contributed by atoms with E-state index in [-0.39, 0.29) is 17.5 Å². The Labute approximate surface area is 181 Å². The lowest BCUT2D eigenvalue weighted by Gasteiger charge is -2.19. The van der Waals surface area contributed by atoms with Gasteiger partial charge in [-0.3, -0.25) is 0 Å². The van der Waals surface area contributed by atoms with Crippen molar-refractivity contribution in [3.63, 3.8) is 0 Å². The number of hydrogen-bond acceptors (Lipinski definition) is 5. The summed E-state index contributed by atoms with van der Waals surface area (Å²) in [5.41, 5.74) is 0.934. The summed E-state index contributed by atoms with van der Waals surface area (Å²) in [5, 5.41) is 0. The molecule has 0 amide bonds. The molecule has 2 aromatic heterocycles. The fourth-order valence-electron chi connectivity index (χ4n) is 2.14. The van der Waals surface area contributed by atoms with Crippen LogP contribution >= 0.6 is 69.6 Å². The second kappa shape index (κ2) is 8.72. The summed E-state index contributed by atoms with van der Waals surface area (Å²) >= 11 is 35.1. The van der Waals surface area contributed by atoms with Gasteiger partial charge in [-0.2, -0.15) is 0 Å². The van der Waals surface area contributed by atoms with Gasteiger partial charge >= 0.3 is 0 Å². The lowest BCUT2D eigenvalue weighted by Crippen LogP contribution is -2.21. The van der Waals surface area contributed by atoms with Crippen molar-refractivity contribution in [1.29, 1.82) is 0 Å². The Morgan fingerprint density at radius 2 is 1.46 bits per heavy atom. The molecule has 0 aliphatic rings. The Kier molecular flexibility index (Phi) is 7.33. The molecule has 0 bridgehead atoms. The largest absolute Gasteiger partial charge is 0.463 e. The summed E-state index contributed by atoms with van der Waals surface area (Å²) in [6.45, 7) is 5.77. The average molecular weight is 479 g/mol. The van der Waals surface area contributed by atoms with E-state index in [1.54, 1.807) is 18.4 Å². The van der Waals surface area contributed by atoms with Crippen molar-refractivity contribution in [2.24, 2.45) is 0 Å². The molecule has 0 aliphatic heterocycles. The van der Waals surface area contributed by atoms with E-state index < -0.39 is 7.59 Å². The molecule has 2 rings (SSSR count). The van der Waals surface area contributed by atoms with Crippen molar-refractivity contribution >= 4 is 87.4 Å². The van der Waals surface area contributed by atoms with Crippen molar-refractivity contribution in [1.82, 2.24) is 15.0 Å². The zero-order chi connectivity index (χ0) is 19.5. The minimum Gasteiger partial charge on any atom is -0.463 e. The van der Waals surface area contributed by atoms with Crippen LogP contribution in [0.3, 0.4) is 0 Å². The van der Waals surface area contributed by atoms with E-state index in [0.717, 1.165) is 18.8 Å². The van der Waals surface area contributed by atoms with Gasteiger partial charge in [0.15, 0.2) is 17.5 Å². The maximum absolute atomic E-state index is 5.86. The van der Waals surface area contributed by atoms with Gasteiger partial charge in [-0.05, 0) is 26.0 Å². The van der Waals surface area contributed by atoms with Crippen LogP contribution in [0.5, 0.6) is 0 Å². The highest BCUT2D eigenvalue weighted by Gasteiger charge is 2.33. The van der Waals surface area contributed by atoms with Crippen molar-refractivity contribution in [3.05, 3.63) is 35.6 Å². The van der Waals surface area contributed by atoms with Crippen LogP contribution in [0.1, 0.15) is 37.1 Å². The first-order chi connectivity index (χ1) is 12.1. The summed E-state index contributed by atoms with van der Waals surface area (Å²) in [6, 6.07) is 1.87. The third-order valence-electron chi connectivity index (χ3n) is 3.32. The number of anilines is 1. The molecule has 0 spiro atoms. The van der Waals surface area contributed by atoms with Crippen LogP contribution in [0, 0.1) is 0 Å². The van der Waals surface area contributed by atoms with Gasteiger partial charge in [-0.15, -0.1) is 0 Å². The molecule has 142 valence electrons. The normalized spacial score (nSPS) is 12.8. The van der Waals surface area contributed by atoms with Gasteiger partial charge in [0.25, 0.3) is 0 Å². The van der Waals surface area contributed by atoms with Gasteiger partial charge < -0.3 is 9.32 Å². The predicted molar refractivity (Wildman–Crippen MR) is 109 cm³/mol. The van der Waals surface area contributed by atoms with Crippen molar-refractivity contribution in [2.75, 3.05) is 18.0 Å². The minimum atomic E-state index is -1.90. The molecule has 0 fully saturated rings. The molecule has 0 saturated heterocycles. The summed E-state index contributed by atoms with van der Waals surface area (Å²) in [4.78, 5) is 14.2. The average Bonchev–Trinajstić information content (AvgIpc) is 3.01. The number of nitrogens with zero attached hydrogens (tertiary/aromatic N) is 4. The molecule has 0 aliphatic carbocycles. The van der Waals surface area contributed by atoms with Crippen molar-refractivity contribution in [2.45, 2.75) is 21.4 Å². The Bertz CT molecular complexity index is 745. The smallest absolute Gasteiger partial charge is 0.250 e. The fraction of sp³-hybridized carbons (Fsp3) is 0.400. The Hall–Kier alpha value is -0.430. The van der Waals surface area contributed by atoms with Crippen molar-refractivity contribution in [3.8, 4) is 0 Å². The van der Waals surface area contributed by atoms with E-state index in [9.17, 15) is 0 Å². The molecule has 0 atom stereocenters. The maximum atomic E-state index is 5.86. The highest BCUT2D eigenvalue weighted by atomic mass is 35.6. The number of halogens is 6. The molecule has 0 aromatic carbocycles. The number of hydrogen-bond donors (Lipinski definition) is 0. The molecule has 0 N–H and O–H groups in total. The Balaban J connectivity index is 2.44. The fourth-order valence-corrected chi connectivity index (χ4v) is 2.64. The zero-order valence-electron chi connectivity index (χ0n) is 13.7. The molecule has 0 saturated carbocycles. The third-order valence-corrected chi connectivity index (χ3v) is 4.34. The van der Waals surface area contributed by atoms with E-state index in [0.29, 0.717) is 5.76 Å². The van der Waals surface area contributed by atoms with Gasteiger partial charge in [-0.1, -0.05) is 69.6 Å². The van der Waals surface area contributed by atoms with E-state index in [4.69, 9.17) is 74.0 Å². The zero-order valence-corrected chi connectivity index (χ0v) is 18.2. The summed E-state index contributed by atoms with van der Waals surface area (Å²) in [6.07, 6.45) is 4.85. The number of furan rings is 1. The highest BCUT2D eigenvalue weighted by molar-refractivity contribution is 6.67. The van der Waals surface area contributed by atoms with Crippen LogP contribution in [0.25, 0.3) is 12.2 Å². The lowest BCUT2D eigenvalue weighted by atomic mass is 10.3. The second-order valence-corrected chi connectivity index (χ2v) is 9.57. The summed E-state index contributed by atoms with van der Waals surface area (Å²) in [7, 11) is 0. The van der Waals surface area contributed by atoms with E-state index in [2.05, 4.69) is 33.7 Å². The lowest BCUT2D eigenvalue weighted by molar-refractivity contribution is 0.556. The van der Waals surface area contributed by atoms with Gasteiger partial charge in [0.1, 0.15) is 5.76 Å². The molecular formula is C15H14Cl6N4O. The summed E-state index contributed by atoms with van der Waals surface area (Å²) in [5.74, 6) is 0.480. The number of alkyl halides is 6. The van der Waals surface area contributed by atoms with Crippen LogP contribution in [0.4, 0.5) is 5.69 Å². The molecule has 0 unspecified atom stereocenters. The van der Waals surface area contributed by atoms with E-state index in [1.807, 2.05) is 6.07 Å². The van der Waals surface area contributed by atoms with Gasteiger partial charge in [0.05, 0.1) is 12.0 Å². The SMILES string of the molecule is CCN(CC)c1ccoc1/C=C/c1nc(C(Cl)(Cl)Cl)nc(C(Cl)(Cl)Cl)n1. The molecule has 11 heteroatoms. The van der Waals surface area contributed by atoms with E-state index in [1.165, 1.54) is 0 Å². The van der Waals surface area contributed by atoms with Crippen LogP contribution in [-0.4, -0.2) is 28.0 Å². The molecule has 2 aromatic rings. The minimum absolute atomic E-state index is 0.151. The maximum Gasteiger partial charge on any atom is 0.250 e. The Morgan fingerprint density at radius 1 is 0.923 bits per heavy atom. The monoisotopic (exact) mass is 476 g/mol. The second-order valence-electron chi connectivity index (χ2n) is 5.01. The topological polar surface area (TPSA) is 55.1 Å².